The van der Waals surface area contributed by atoms with Gasteiger partial charge in [-0.05, 0) is 43.6 Å². The van der Waals surface area contributed by atoms with Crippen molar-refractivity contribution in [2.24, 2.45) is 34.0 Å². The summed E-state index contributed by atoms with van der Waals surface area (Å²) in [5, 5.41) is 20.3. The van der Waals surface area contributed by atoms with Crippen molar-refractivity contribution in [1.29, 1.82) is 0 Å². The minimum atomic E-state index is -1.21. The number of carbonyl (C=O) groups excluding carboxylic acids is 4. The van der Waals surface area contributed by atoms with E-state index in [0.717, 1.165) is 5.56 Å². The highest BCUT2D eigenvalue weighted by Crippen LogP contribution is 2.12. The van der Waals surface area contributed by atoms with E-state index < -0.39 is 59.8 Å². The molecule has 0 saturated carbocycles. The average molecular weight is 619 g/mol. The van der Waals surface area contributed by atoms with Crippen molar-refractivity contribution >= 4 is 35.6 Å². The lowest BCUT2D eigenvalue weighted by molar-refractivity contribution is -0.142. The van der Waals surface area contributed by atoms with Crippen molar-refractivity contribution in [3.63, 3.8) is 0 Å². The molecule has 0 aliphatic carbocycles. The minimum Gasteiger partial charge on any atom is -0.480 e. The predicted molar refractivity (Wildman–Crippen MR) is 168 cm³/mol. The Labute approximate surface area is 259 Å². The molecule has 44 heavy (non-hydrogen) atoms. The van der Waals surface area contributed by atoms with Gasteiger partial charge in [-0.1, -0.05) is 64.4 Å². The normalized spacial score (nSPS) is 15.1. The molecule has 6 atom stereocenters. The summed E-state index contributed by atoms with van der Waals surface area (Å²) in [7, 11) is 0. The molecule has 14 nitrogen and oxygen atoms in total. The van der Waals surface area contributed by atoms with Crippen LogP contribution in [0.1, 0.15) is 65.9 Å². The van der Waals surface area contributed by atoms with E-state index in [0.29, 0.717) is 25.8 Å². The van der Waals surface area contributed by atoms with E-state index in [2.05, 4.69) is 26.3 Å². The maximum Gasteiger partial charge on any atom is 0.326 e. The van der Waals surface area contributed by atoms with Gasteiger partial charge in [-0.15, -0.1) is 0 Å². The fourth-order valence-corrected chi connectivity index (χ4v) is 4.30. The lowest BCUT2D eigenvalue weighted by atomic mass is 9.96. The number of hydrogen-bond donors (Lipinski definition) is 8. The molecule has 0 bridgehead atoms. The molecule has 0 aliphatic heterocycles. The monoisotopic (exact) mass is 618 g/mol. The Bertz CT molecular complexity index is 1130. The third-order valence-electron chi connectivity index (χ3n) is 7.09. The van der Waals surface area contributed by atoms with E-state index in [1.54, 1.807) is 31.2 Å². The Morgan fingerprint density at radius 3 is 2.00 bits per heavy atom. The van der Waals surface area contributed by atoms with Gasteiger partial charge in [-0.25, -0.2) is 4.79 Å². The molecule has 1 aromatic carbocycles. The first kappa shape index (κ1) is 37.8. The zero-order valence-electron chi connectivity index (χ0n) is 26.3. The van der Waals surface area contributed by atoms with Crippen molar-refractivity contribution < 1.29 is 29.1 Å². The quantitative estimate of drug-likeness (QED) is 0.0578. The van der Waals surface area contributed by atoms with Crippen molar-refractivity contribution in [2.75, 3.05) is 6.54 Å². The molecule has 0 spiro atoms. The molecular formula is C30H50N8O6. The zero-order chi connectivity index (χ0) is 33.4. The topological polar surface area (TPSA) is 244 Å². The van der Waals surface area contributed by atoms with Gasteiger partial charge in [0.15, 0.2) is 5.96 Å². The van der Waals surface area contributed by atoms with E-state index in [9.17, 15) is 29.1 Å². The number of aliphatic imine (C=N–C) groups is 1. The third-order valence-corrected chi connectivity index (χ3v) is 7.09. The van der Waals surface area contributed by atoms with Crippen molar-refractivity contribution in [3.05, 3.63) is 35.9 Å². The fraction of sp³-hybridized carbons (Fsp3) is 0.600. The number of guanidine groups is 1. The van der Waals surface area contributed by atoms with Crippen LogP contribution in [0.3, 0.4) is 0 Å². The number of nitrogens with one attached hydrogen (secondary N) is 4. The van der Waals surface area contributed by atoms with Crippen molar-refractivity contribution in [3.8, 4) is 0 Å². The number of benzene rings is 1. The summed E-state index contributed by atoms with van der Waals surface area (Å²) in [6.07, 6.45) is 1.60. The minimum absolute atomic E-state index is 0.00674. The Hall–Kier alpha value is -4.20. The molecule has 4 amide bonds. The molecule has 246 valence electrons. The molecule has 11 N–H and O–H groups in total. The summed E-state index contributed by atoms with van der Waals surface area (Å²) in [6.45, 7) is 9.14. The molecule has 0 aromatic heterocycles. The highest BCUT2D eigenvalue weighted by molar-refractivity contribution is 5.95. The van der Waals surface area contributed by atoms with Crippen LogP contribution >= 0.6 is 0 Å². The van der Waals surface area contributed by atoms with Crippen LogP contribution in [0.15, 0.2) is 35.3 Å². The van der Waals surface area contributed by atoms with Gasteiger partial charge in [0.2, 0.25) is 23.6 Å². The van der Waals surface area contributed by atoms with Crippen LogP contribution in [0.2, 0.25) is 0 Å². The van der Waals surface area contributed by atoms with Gasteiger partial charge < -0.3 is 43.6 Å². The van der Waals surface area contributed by atoms with Crippen molar-refractivity contribution in [2.45, 2.75) is 96.9 Å². The number of rotatable bonds is 19. The Balaban J connectivity index is 2.94. The predicted octanol–water partition coefficient (Wildman–Crippen LogP) is -0.254. The zero-order valence-corrected chi connectivity index (χ0v) is 26.3. The molecule has 0 unspecified atom stereocenters. The average Bonchev–Trinajstić information content (AvgIpc) is 2.96. The van der Waals surface area contributed by atoms with Crippen LogP contribution < -0.4 is 38.5 Å². The molecule has 0 saturated heterocycles. The second kappa shape index (κ2) is 19.2. The van der Waals surface area contributed by atoms with Gasteiger partial charge in [0.25, 0.3) is 0 Å². The van der Waals surface area contributed by atoms with Gasteiger partial charge in [0, 0.05) is 13.0 Å². The van der Waals surface area contributed by atoms with Crippen LogP contribution in [0.4, 0.5) is 0 Å². The summed E-state index contributed by atoms with van der Waals surface area (Å²) in [6, 6.07) is 3.72. The number of carboxylic acid groups (broad SMARTS) is 1. The van der Waals surface area contributed by atoms with Gasteiger partial charge in [0.05, 0.1) is 6.04 Å². The van der Waals surface area contributed by atoms with Crippen LogP contribution in [-0.4, -0.2) is 77.4 Å². The molecule has 0 fully saturated rings. The highest BCUT2D eigenvalue weighted by Gasteiger charge is 2.33. The first-order chi connectivity index (χ1) is 20.7. The summed E-state index contributed by atoms with van der Waals surface area (Å²) >= 11 is 0. The summed E-state index contributed by atoms with van der Waals surface area (Å²) in [5.41, 5.74) is 17.2. The molecule has 1 rings (SSSR count). The van der Waals surface area contributed by atoms with E-state index in [1.807, 2.05) is 26.8 Å². The first-order valence-corrected chi connectivity index (χ1v) is 14.9. The van der Waals surface area contributed by atoms with E-state index in [4.69, 9.17) is 17.2 Å². The number of nitrogens with two attached hydrogens (primary N) is 3. The van der Waals surface area contributed by atoms with Crippen LogP contribution in [0.25, 0.3) is 0 Å². The van der Waals surface area contributed by atoms with E-state index in [-0.39, 0.29) is 30.6 Å². The largest absolute Gasteiger partial charge is 0.480 e. The summed E-state index contributed by atoms with van der Waals surface area (Å²) in [5.74, 6) is -4.00. The SMILES string of the molecule is CC[C@H](C)[C@H](NC(=O)[C@H](CC(C)C)NC(=O)[C@H](C)NC(=O)[C@@H](N)CCCN=C(N)N)C(=O)N[C@@H](Cc1ccccc1)C(=O)O. The van der Waals surface area contributed by atoms with Gasteiger partial charge in [-0.2, -0.15) is 0 Å². The number of nitrogens with zero attached hydrogens (tertiary/aromatic N) is 1. The molecule has 0 heterocycles. The molecule has 14 heteroatoms. The highest BCUT2D eigenvalue weighted by atomic mass is 16.4. The lowest BCUT2D eigenvalue weighted by Crippen LogP contribution is -2.59. The first-order valence-electron chi connectivity index (χ1n) is 14.9. The van der Waals surface area contributed by atoms with Crippen LogP contribution in [0.5, 0.6) is 0 Å². The number of amides is 4. The third kappa shape index (κ3) is 13.8. The second-order valence-corrected chi connectivity index (χ2v) is 11.4. The summed E-state index contributed by atoms with van der Waals surface area (Å²) in [4.78, 5) is 68.0. The number of carbonyl (C=O) groups is 5. The Morgan fingerprint density at radius 2 is 1.45 bits per heavy atom. The van der Waals surface area contributed by atoms with E-state index >= 15 is 0 Å². The van der Waals surface area contributed by atoms with Gasteiger partial charge in [-0.3, -0.25) is 24.2 Å². The standard InChI is InChI=1S/C30H50N8O6/c1-6-18(4)24(28(42)37-23(29(43)44)16-20-11-8-7-9-12-20)38-27(41)22(15-17(2)3)36-25(39)19(5)35-26(40)21(31)13-10-14-34-30(32)33/h7-9,11-12,17-19,21-24H,6,10,13-16,31H2,1-5H3,(H,35,40)(H,36,39)(H,37,42)(H,38,41)(H,43,44)(H4,32,33,34)/t18-,19-,21-,22-,23-,24-/m0/s1. The molecular weight excluding hydrogens is 568 g/mol. The maximum absolute atomic E-state index is 13.4. The van der Waals surface area contributed by atoms with Gasteiger partial charge >= 0.3 is 5.97 Å². The second-order valence-electron chi connectivity index (χ2n) is 11.4. The number of aliphatic carboxylic acids is 1. The van der Waals surface area contributed by atoms with E-state index in [1.165, 1.54) is 6.92 Å². The lowest BCUT2D eigenvalue weighted by Gasteiger charge is -2.29. The number of carboxylic acids is 1. The van der Waals surface area contributed by atoms with Crippen LogP contribution in [-0.2, 0) is 30.4 Å². The smallest absolute Gasteiger partial charge is 0.326 e. The Kier molecular flexibility index (Phi) is 16.5. The molecule has 0 radical (unpaired) electrons. The molecule has 1 aromatic rings. The molecule has 0 aliphatic rings. The van der Waals surface area contributed by atoms with Gasteiger partial charge in [0.1, 0.15) is 24.2 Å². The Morgan fingerprint density at radius 1 is 0.841 bits per heavy atom. The van der Waals surface area contributed by atoms with Crippen molar-refractivity contribution in [1.82, 2.24) is 21.3 Å². The fourth-order valence-electron chi connectivity index (χ4n) is 4.30. The van der Waals surface area contributed by atoms with Crippen LogP contribution in [0, 0.1) is 11.8 Å². The summed E-state index contributed by atoms with van der Waals surface area (Å²) < 4.78 is 0. The number of hydrogen-bond acceptors (Lipinski definition) is 7. The maximum atomic E-state index is 13.4.